The van der Waals surface area contributed by atoms with E-state index >= 15 is 0 Å². The lowest BCUT2D eigenvalue weighted by atomic mass is 10.2. The van der Waals surface area contributed by atoms with E-state index in [4.69, 9.17) is 5.73 Å². The Labute approximate surface area is 123 Å². The third kappa shape index (κ3) is 2.53. The highest BCUT2D eigenvalue weighted by molar-refractivity contribution is 5.71. The van der Waals surface area contributed by atoms with Crippen LogP contribution in [0.15, 0.2) is 9.59 Å². The van der Waals surface area contributed by atoms with Crippen LogP contribution in [-0.4, -0.2) is 25.2 Å². The van der Waals surface area contributed by atoms with Gasteiger partial charge in [0.1, 0.15) is 5.82 Å². The van der Waals surface area contributed by atoms with Gasteiger partial charge in [0.15, 0.2) is 11.2 Å². The minimum Gasteiger partial charge on any atom is -0.330 e. The summed E-state index contributed by atoms with van der Waals surface area (Å²) in [6.45, 7) is 7.63. The molecule has 0 saturated heterocycles. The minimum atomic E-state index is -0.318. The van der Waals surface area contributed by atoms with E-state index in [1.165, 1.54) is 7.05 Å². The van der Waals surface area contributed by atoms with Crippen LogP contribution in [0.1, 0.15) is 26.6 Å². The van der Waals surface area contributed by atoms with Crippen molar-refractivity contribution in [1.82, 2.24) is 18.7 Å². The summed E-state index contributed by atoms with van der Waals surface area (Å²) in [7, 11) is 1.51. The number of hydrogen-bond acceptors (Lipinski definition) is 4. The average molecular weight is 293 g/mol. The largest absolute Gasteiger partial charge is 0.332 e. The Hall–Kier alpha value is -1.89. The molecule has 116 valence electrons. The number of nitrogens with zero attached hydrogens (tertiary/aromatic N) is 4. The summed E-state index contributed by atoms with van der Waals surface area (Å²) in [6.07, 6.45) is 0.585. The zero-order valence-electron chi connectivity index (χ0n) is 13.1. The van der Waals surface area contributed by atoms with Crippen molar-refractivity contribution < 1.29 is 0 Å². The number of hydrogen-bond donors (Lipinski definition) is 1. The molecule has 2 heterocycles. The van der Waals surface area contributed by atoms with E-state index in [1.807, 2.05) is 25.3 Å². The van der Waals surface area contributed by atoms with Crippen LogP contribution < -0.4 is 17.0 Å². The summed E-state index contributed by atoms with van der Waals surface area (Å²) in [4.78, 5) is 29.3. The first-order valence-corrected chi connectivity index (χ1v) is 7.31. The monoisotopic (exact) mass is 293 g/mol. The maximum atomic E-state index is 12.4. The third-order valence-electron chi connectivity index (χ3n) is 3.54. The number of rotatable bonds is 5. The molecule has 2 aromatic heterocycles. The van der Waals surface area contributed by atoms with Crippen molar-refractivity contribution in [1.29, 1.82) is 0 Å². The first-order valence-electron chi connectivity index (χ1n) is 7.31. The second-order valence-electron chi connectivity index (χ2n) is 5.63. The number of imidazole rings is 1. The molecule has 0 saturated carbocycles. The van der Waals surface area contributed by atoms with Crippen LogP contribution in [0, 0.1) is 5.92 Å². The maximum Gasteiger partial charge on any atom is 0.332 e. The van der Waals surface area contributed by atoms with Gasteiger partial charge in [-0.05, 0) is 19.4 Å². The third-order valence-corrected chi connectivity index (χ3v) is 3.54. The van der Waals surface area contributed by atoms with Gasteiger partial charge < -0.3 is 10.3 Å². The molecule has 0 aliphatic rings. The number of aromatic nitrogens is 4. The van der Waals surface area contributed by atoms with E-state index in [2.05, 4.69) is 4.98 Å². The van der Waals surface area contributed by atoms with Gasteiger partial charge in [-0.2, -0.15) is 0 Å². The Kier molecular flexibility index (Phi) is 4.32. The molecule has 0 spiro atoms. The van der Waals surface area contributed by atoms with Crippen molar-refractivity contribution in [3.63, 3.8) is 0 Å². The molecule has 0 amide bonds. The van der Waals surface area contributed by atoms with Gasteiger partial charge in [0.05, 0.1) is 0 Å². The van der Waals surface area contributed by atoms with Crippen LogP contribution in [0.25, 0.3) is 11.2 Å². The van der Waals surface area contributed by atoms with E-state index in [0.717, 1.165) is 10.4 Å². The van der Waals surface area contributed by atoms with Gasteiger partial charge in [-0.1, -0.05) is 13.8 Å². The van der Waals surface area contributed by atoms with Crippen molar-refractivity contribution in [2.45, 2.75) is 40.3 Å². The second-order valence-corrected chi connectivity index (χ2v) is 5.63. The molecule has 7 nitrogen and oxygen atoms in total. The molecule has 0 unspecified atom stereocenters. The molecule has 2 aromatic rings. The van der Waals surface area contributed by atoms with Gasteiger partial charge in [0.2, 0.25) is 0 Å². The highest BCUT2D eigenvalue weighted by Crippen LogP contribution is 2.13. The fraction of sp³-hybridized carbons (Fsp3) is 0.643. The van der Waals surface area contributed by atoms with E-state index in [-0.39, 0.29) is 17.2 Å². The summed E-state index contributed by atoms with van der Waals surface area (Å²) in [5, 5.41) is 0. The van der Waals surface area contributed by atoms with Gasteiger partial charge in [0.25, 0.3) is 5.56 Å². The van der Waals surface area contributed by atoms with Crippen molar-refractivity contribution in [3.05, 3.63) is 26.7 Å². The summed E-state index contributed by atoms with van der Waals surface area (Å²) in [6, 6.07) is 0. The van der Waals surface area contributed by atoms with Crippen LogP contribution in [0.4, 0.5) is 0 Å². The van der Waals surface area contributed by atoms with E-state index < -0.39 is 0 Å². The van der Waals surface area contributed by atoms with E-state index in [0.29, 0.717) is 37.2 Å². The van der Waals surface area contributed by atoms with E-state index in [1.54, 1.807) is 4.57 Å². The molecule has 0 aliphatic carbocycles. The molecular formula is C14H23N5O2. The lowest BCUT2D eigenvalue weighted by Gasteiger charge is -2.11. The Morgan fingerprint density at radius 1 is 1.24 bits per heavy atom. The van der Waals surface area contributed by atoms with Gasteiger partial charge in [-0.3, -0.25) is 13.9 Å². The Bertz CT molecular complexity index is 766. The molecule has 0 atom stereocenters. The van der Waals surface area contributed by atoms with Crippen LogP contribution in [0.3, 0.4) is 0 Å². The lowest BCUT2D eigenvalue weighted by Crippen LogP contribution is -2.39. The zero-order chi connectivity index (χ0) is 15.7. The molecule has 0 fully saturated rings. The quantitative estimate of drug-likeness (QED) is 0.845. The highest BCUT2D eigenvalue weighted by Gasteiger charge is 2.19. The molecule has 7 heteroatoms. The lowest BCUT2D eigenvalue weighted by molar-refractivity contribution is 0.500. The Balaban J connectivity index is 2.90. The molecule has 0 aliphatic heterocycles. The van der Waals surface area contributed by atoms with Crippen LogP contribution >= 0.6 is 0 Å². The van der Waals surface area contributed by atoms with Crippen LogP contribution in [0.2, 0.25) is 0 Å². The van der Waals surface area contributed by atoms with Crippen molar-refractivity contribution in [2.75, 3.05) is 6.54 Å². The summed E-state index contributed by atoms with van der Waals surface area (Å²) in [5.74, 6) is 1.04. The molecule has 2 rings (SSSR count). The van der Waals surface area contributed by atoms with E-state index in [9.17, 15) is 9.59 Å². The normalized spacial score (nSPS) is 11.7. The van der Waals surface area contributed by atoms with Gasteiger partial charge in [0, 0.05) is 26.6 Å². The van der Waals surface area contributed by atoms with Crippen molar-refractivity contribution >= 4 is 11.2 Å². The first kappa shape index (κ1) is 15.5. The standard InChI is InChI=1S/C14H23N5O2/c1-5-18-10(6-7-15)16-12-11(18)13(20)17(4)14(21)19(12)8-9(2)3/h9H,5-8,15H2,1-4H3. The van der Waals surface area contributed by atoms with Gasteiger partial charge in [-0.15, -0.1) is 0 Å². The predicted octanol–water partition coefficient (Wildman–Crippen LogP) is 0.0738. The fourth-order valence-corrected chi connectivity index (χ4v) is 2.59. The zero-order valence-corrected chi connectivity index (χ0v) is 13.1. The first-order chi connectivity index (χ1) is 9.92. The van der Waals surface area contributed by atoms with Gasteiger partial charge >= 0.3 is 5.69 Å². The summed E-state index contributed by atoms with van der Waals surface area (Å²) in [5.41, 5.74) is 5.96. The predicted molar refractivity (Wildman–Crippen MR) is 82.5 cm³/mol. The second kappa shape index (κ2) is 5.85. The topological polar surface area (TPSA) is 87.8 Å². The van der Waals surface area contributed by atoms with Crippen LogP contribution in [0.5, 0.6) is 0 Å². The summed E-state index contributed by atoms with van der Waals surface area (Å²) < 4.78 is 4.61. The SMILES string of the molecule is CCn1c(CCN)nc2c1c(=O)n(C)c(=O)n2CC(C)C. The smallest absolute Gasteiger partial charge is 0.330 e. The molecule has 0 bridgehead atoms. The van der Waals surface area contributed by atoms with Crippen molar-refractivity contribution in [2.24, 2.45) is 18.7 Å². The Morgan fingerprint density at radius 2 is 1.90 bits per heavy atom. The molecular weight excluding hydrogens is 270 g/mol. The van der Waals surface area contributed by atoms with Crippen molar-refractivity contribution in [3.8, 4) is 0 Å². The number of nitrogens with two attached hydrogens (primary N) is 1. The molecule has 0 radical (unpaired) electrons. The maximum absolute atomic E-state index is 12.4. The number of fused-ring (bicyclic) bond motifs is 1. The fourth-order valence-electron chi connectivity index (χ4n) is 2.59. The summed E-state index contributed by atoms with van der Waals surface area (Å²) >= 11 is 0. The molecule has 21 heavy (non-hydrogen) atoms. The highest BCUT2D eigenvalue weighted by atomic mass is 16.2. The Morgan fingerprint density at radius 3 is 2.43 bits per heavy atom. The molecule has 2 N–H and O–H groups in total. The average Bonchev–Trinajstić information content (AvgIpc) is 2.79. The minimum absolute atomic E-state index is 0.285. The van der Waals surface area contributed by atoms with Crippen LogP contribution in [-0.2, 0) is 26.6 Å². The van der Waals surface area contributed by atoms with Gasteiger partial charge in [-0.25, -0.2) is 9.78 Å². The molecule has 0 aromatic carbocycles. The number of aryl methyl sites for hydroxylation is 1.